The van der Waals surface area contributed by atoms with Crippen LogP contribution in [0, 0.1) is 28.6 Å². The van der Waals surface area contributed by atoms with Crippen LogP contribution in [0.3, 0.4) is 0 Å². The average molecular weight is 266 g/mol. The first kappa shape index (κ1) is 12.3. The lowest BCUT2D eigenvalue weighted by atomic mass is 9.41. The number of ether oxygens (including phenoxy) is 1. The number of Topliss-reactive ketones (excluding diaryl/α,β-unsaturated/α-hetero) is 1. The number of rotatable bonds is 0. The Balaban J connectivity index is 1.89. The van der Waals surface area contributed by atoms with Crippen molar-refractivity contribution in [2.24, 2.45) is 28.6 Å². The third kappa shape index (κ3) is 0.988. The van der Waals surface area contributed by atoms with E-state index in [1.807, 2.05) is 13.8 Å². The van der Waals surface area contributed by atoms with Gasteiger partial charge in [-0.25, -0.2) is 0 Å². The highest BCUT2D eigenvalue weighted by Gasteiger charge is 2.81. The molecule has 0 aromatic rings. The van der Waals surface area contributed by atoms with Gasteiger partial charge in [-0.3, -0.25) is 4.79 Å². The summed E-state index contributed by atoms with van der Waals surface area (Å²) in [6.45, 7) is 6.59. The standard InChI is InChI=1S/C15H22O4/c1-7-10-9(16)5-14(10,3)15-8(11(7)17)4-13(2,6-19-15)12(15)18/h7-10,12,16,18H,4-6H2,1-3H3/t7-,8-,9+,10-,12+,13+,14+,15+/m1/s1. The van der Waals surface area contributed by atoms with E-state index in [0.717, 1.165) is 6.42 Å². The summed E-state index contributed by atoms with van der Waals surface area (Å²) in [5.41, 5.74) is -1.30. The predicted octanol–water partition coefficient (Wildman–Crippen LogP) is 0.748. The van der Waals surface area contributed by atoms with E-state index >= 15 is 0 Å². The Kier molecular flexibility index (Phi) is 1.99. The number of fused-ring (bicyclic) bond motifs is 2. The molecule has 3 aliphatic carbocycles. The van der Waals surface area contributed by atoms with Crippen LogP contribution in [0.25, 0.3) is 0 Å². The number of aliphatic hydroxyl groups excluding tert-OH is 2. The molecule has 1 saturated heterocycles. The van der Waals surface area contributed by atoms with Crippen LogP contribution in [0.1, 0.15) is 33.6 Å². The maximum Gasteiger partial charge on any atom is 0.142 e. The molecule has 1 heterocycles. The minimum Gasteiger partial charge on any atom is -0.393 e. The highest BCUT2D eigenvalue weighted by Crippen LogP contribution is 2.73. The first-order valence-electron chi connectivity index (χ1n) is 7.32. The van der Waals surface area contributed by atoms with Crippen LogP contribution >= 0.6 is 0 Å². The average Bonchev–Trinajstić information content (AvgIpc) is 2.72. The van der Waals surface area contributed by atoms with Gasteiger partial charge in [-0.1, -0.05) is 20.8 Å². The molecule has 0 radical (unpaired) electrons. The summed E-state index contributed by atoms with van der Waals surface area (Å²) in [6, 6.07) is 0. The van der Waals surface area contributed by atoms with Crippen LogP contribution in [-0.4, -0.2) is 40.4 Å². The highest BCUT2D eigenvalue weighted by molar-refractivity contribution is 5.87. The maximum absolute atomic E-state index is 12.7. The summed E-state index contributed by atoms with van der Waals surface area (Å²) in [6.07, 6.45) is 0.360. The van der Waals surface area contributed by atoms with Crippen molar-refractivity contribution >= 4 is 5.78 Å². The minimum absolute atomic E-state index is 0.0636. The molecular formula is C15H22O4. The van der Waals surface area contributed by atoms with Gasteiger partial charge in [0.25, 0.3) is 0 Å². The zero-order valence-corrected chi connectivity index (χ0v) is 11.7. The van der Waals surface area contributed by atoms with E-state index in [1.165, 1.54) is 0 Å². The molecule has 4 heteroatoms. The largest absolute Gasteiger partial charge is 0.393 e. The summed E-state index contributed by atoms with van der Waals surface area (Å²) in [4.78, 5) is 12.7. The van der Waals surface area contributed by atoms with Crippen molar-refractivity contribution in [3.63, 3.8) is 0 Å². The Morgan fingerprint density at radius 2 is 1.95 bits per heavy atom. The Morgan fingerprint density at radius 3 is 2.53 bits per heavy atom. The predicted molar refractivity (Wildman–Crippen MR) is 67.3 cm³/mol. The quantitative estimate of drug-likeness (QED) is 0.679. The van der Waals surface area contributed by atoms with Crippen molar-refractivity contribution < 1.29 is 19.7 Å². The van der Waals surface area contributed by atoms with Crippen molar-refractivity contribution in [2.45, 2.75) is 51.4 Å². The van der Waals surface area contributed by atoms with Crippen molar-refractivity contribution in [3.05, 3.63) is 0 Å². The van der Waals surface area contributed by atoms with E-state index < -0.39 is 17.8 Å². The van der Waals surface area contributed by atoms with E-state index in [0.29, 0.717) is 13.0 Å². The zero-order valence-electron chi connectivity index (χ0n) is 11.7. The molecule has 4 fully saturated rings. The molecule has 1 aliphatic heterocycles. The smallest absolute Gasteiger partial charge is 0.142 e. The number of ketones is 1. The Hall–Kier alpha value is -0.450. The third-order valence-corrected chi connectivity index (χ3v) is 6.90. The summed E-state index contributed by atoms with van der Waals surface area (Å²) < 4.78 is 6.08. The summed E-state index contributed by atoms with van der Waals surface area (Å²) in [7, 11) is 0. The fourth-order valence-electron chi connectivity index (χ4n) is 5.99. The van der Waals surface area contributed by atoms with Gasteiger partial charge in [-0.15, -0.1) is 0 Å². The fraction of sp³-hybridized carbons (Fsp3) is 0.933. The number of hydrogen-bond donors (Lipinski definition) is 2. The van der Waals surface area contributed by atoms with E-state index in [2.05, 4.69) is 6.92 Å². The minimum atomic E-state index is -0.741. The Morgan fingerprint density at radius 1 is 1.26 bits per heavy atom. The summed E-state index contributed by atoms with van der Waals surface area (Å²) in [5, 5.41) is 20.9. The topological polar surface area (TPSA) is 66.8 Å². The van der Waals surface area contributed by atoms with Gasteiger partial charge in [-0.05, 0) is 12.8 Å². The van der Waals surface area contributed by atoms with E-state index in [-0.39, 0.29) is 34.4 Å². The molecule has 1 spiro atoms. The molecule has 0 amide bonds. The van der Waals surface area contributed by atoms with Crippen LogP contribution in [0.4, 0.5) is 0 Å². The maximum atomic E-state index is 12.7. The van der Waals surface area contributed by atoms with Crippen molar-refractivity contribution in [2.75, 3.05) is 6.61 Å². The number of carbonyl (C=O) groups is 1. The Labute approximate surface area is 113 Å². The number of aliphatic hydroxyl groups is 2. The molecular weight excluding hydrogens is 244 g/mol. The van der Waals surface area contributed by atoms with Crippen LogP contribution in [0.2, 0.25) is 0 Å². The molecule has 0 unspecified atom stereocenters. The normalized spacial score (nSPS) is 66.6. The number of carbonyl (C=O) groups excluding carboxylic acids is 1. The molecule has 106 valence electrons. The monoisotopic (exact) mass is 266 g/mol. The number of hydrogen-bond acceptors (Lipinski definition) is 4. The summed E-state index contributed by atoms with van der Waals surface area (Å²) in [5.74, 6) is -0.192. The molecule has 19 heavy (non-hydrogen) atoms. The first-order chi connectivity index (χ1) is 8.78. The third-order valence-electron chi connectivity index (χ3n) is 6.90. The van der Waals surface area contributed by atoms with Crippen molar-refractivity contribution in [3.8, 4) is 0 Å². The first-order valence-corrected chi connectivity index (χ1v) is 7.32. The summed E-state index contributed by atoms with van der Waals surface area (Å²) >= 11 is 0. The molecule has 4 aliphatic rings. The van der Waals surface area contributed by atoms with E-state index in [4.69, 9.17) is 4.74 Å². The van der Waals surface area contributed by atoms with E-state index in [9.17, 15) is 15.0 Å². The molecule has 0 aromatic carbocycles. The SMILES string of the molecule is C[C@H]1C(=O)[C@H]2C[C@@]3(C)CO[C@@]2([C@H]3O)[C@@]2(C)C[C@H](O)[C@@H]12. The van der Waals surface area contributed by atoms with Crippen LogP contribution in [0.15, 0.2) is 0 Å². The van der Waals surface area contributed by atoms with Crippen molar-refractivity contribution in [1.29, 1.82) is 0 Å². The second-order valence-corrected chi connectivity index (χ2v) is 7.80. The Bertz CT molecular complexity index is 477. The van der Waals surface area contributed by atoms with Crippen molar-refractivity contribution in [1.82, 2.24) is 0 Å². The zero-order chi connectivity index (χ0) is 13.8. The molecule has 8 atom stereocenters. The molecule has 4 nitrogen and oxygen atoms in total. The van der Waals surface area contributed by atoms with Crippen LogP contribution < -0.4 is 0 Å². The lowest BCUT2D eigenvalue weighted by molar-refractivity contribution is -0.277. The van der Waals surface area contributed by atoms with Gasteiger partial charge in [-0.2, -0.15) is 0 Å². The van der Waals surface area contributed by atoms with Crippen LogP contribution in [0.5, 0.6) is 0 Å². The lowest BCUT2D eigenvalue weighted by Crippen LogP contribution is -2.74. The van der Waals surface area contributed by atoms with Gasteiger partial charge in [0.1, 0.15) is 11.4 Å². The lowest BCUT2D eigenvalue weighted by Gasteiger charge is -2.66. The van der Waals surface area contributed by atoms with Gasteiger partial charge in [0, 0.05) is 22.7 Å². The molecule has 0 aromatic heterocycles. The molecule has 4 rings (SSSR count). The molecule has 2 bridgehead atoms. The molecule has 2 N–H and O–H groups in total. The van der Waals surface area contributed by atoms with E-state index in [1.54, 1.807) is 0 Å². The highest BCUT2D eigenvalue weighted by atomic mass is 16.5. The second kappa shape index (κ2) is 3.07. The van der Waals surface area contributed by atoms with Gasteiger partial charge < -0.3 is 14.9 Å². The van der Waals surface area contributed by atoms with Gasteiger partial charge in [0.15, 0.2) is 0 Å². The second-order valence-electron chi connectivity index (χ2n) is 7.80. The molecule has 3 saturated carbocycles. The van der Waals surface area contributed by atoms with Gasteiger partial charge in [0.05, 0.1) is 24.7 Å². The van der Waals surface area contributed by atoms with Gasteiger partial charge in [0.2, 0.25) is 0 Å². The fourth-order valence-corrected chi connectivity index (χ4v) is 5.99. The van der Waals surface area contributed by atoms with Gasteiger partial charge >= 0.3 is 0 Å². The van der Waals surface area contributed by atoms with Crippen LogP contribution in [-0.2, 0) is 9.53 Å².